The minimum absolute atomic E-state index is 0.851. The number of nitrogens with one attached hydrogen (secondary N) is 5. The van der Waals surface area contributed by atoms with E-state index in [0.717, 1.165) is 34.6 Å². The molecule has 126 heavy (non-hydrogen) atoms. The van der Waals surface area contributed by atoms with Crippen molar-refractivity contribution in [1.29, 1.82) is 0 Å². The molecule has 0 radical (unpaired) electrons. The zero-order valence-electron chi connectivity index (χ0n) is 68.0. The maximum Gasteiger partial charge on any atom is 0.217 e. The van der Waals surface area contributed by atoms with E-state index in [1.165, 1.54) is 0 Å². The van der Waals surface area contributed by atoms with Gasteiger partial charge in [-0.15, -0.1) is 0 Å². The van der Waals surface area contributed by atoms with Crippen molar-refractivity contribution in [3.05, 3.63) is 0 Å². The van der Waals surface area contributed by atoms with Crippen molar-refractivity contribution in [2.24, 2.45) is 0 Å². The average molecular weight is 1850 g/mol. The molecule has 5 amide bonds. The number of amides is 5. The zero-order chi connectivity index (χ0) is 93.2. The molecular formula is C70H119N5O51. The highest BCUT2D eigenvalue weighted by atomic mass is 16.8. The molecule has 9 aliphatic rings. The minimum atomic E-state index is -2.83. The summed E-state index contributed by atoms with van der Waals surface area (Å²) in [6, 6.07) is -9.92. The third-order valence-electron chi connectivity index (χ3n) is 22.5. The van der Waals surface area contributed by atoms with Gasteiger partial charge in [0.05, 0.1) is 78.7 Å². The molecular weight excluding hydrogens is 1730 g/mol. The second-order valence-corrected chi connectivity index (χ2v) is 31.5. The lowest BCUT2D eigenvalue weighted by Gasteiger charge is -2.53. The van der Waals surface area contributed by atoms with Gasteiger partial charge in [0.1, 0.15) is 238 Å². The molecule has 49 atom stereocenters. The largest absolute Gasteiger partial charge is 0.394 e. The number of hydrogen-bond donors (Lipinski definition) is 33. The molecule has 56 nitrogen and oxygen atoms in total. The van der Waals surface area contributed by atoms with Crippen LogP contribution in [0.3, 0.4) is 0 Å². The Kier molecular flexibility index (Phi) is 39.2. The van der Waals surface area contributed by atoms with Gasteiger partial charge in [0.15, 0.2) is 56.6 Å². The van der Waals surface area contributed by atoms with Crippen LogP contribution in [0.15, 0.2) is 0 Å². The van der Waals surface area contributed by atoms with E-state index in [1.807, 2.05) is 0 Å². The van der Waals surface area contributed by atoms with Crippen LogP contribution >= 0.6 is 0 Å². The quantitative estimate of drug-likeness (QED) is 0.0275. The third kappa shape index (κ3) is 24.0. The summed E-state index contributed by atoms with van der Waals surface area (Å²) in [7, 11) is 0. The van der Waals surface area contributed by atoms with Crippen LogP contribution in [-0.2, 0) is 109 Å². The molecule has 0 unspecified atom stereocenters. The Labute approximate surface area is 714 Å². The Morgan fingerprint density at radius 1 is 0.270 bits per heavy atom. The standard InChI is InChI=1S/C70H119N5O51/c1-17(86)71-22(6-76)37(92)54(23(91)7-77)119-64-35(74-20(4)89)45(100)56(30(14-84)115-64)122-69-53(108)60(58(123-62-33(72-18(2)87)43(98)38(93)24(8-78)110-62)32(118-69)16-109-66-52(107)59(42(97)28(12-82)112-66)124-68-50(105)48(103)41(96)27(11-81)114-68)125-70-61(126-63-34(73-19(3)88)44(99)39(94)25(9-79)111-63)51(106)57(31(15-85)117-70)120-65-36(75-21(5)90)46(101)55(29(13-83)116-65)121-67-49(104)47(102)40(95)26(10-80)113-67/h22-70,76-85,91-108H,6-16H2,1-5H3,(H,71,86)(H,72,87)(H,73,88)(H,74,89)(H,75,90)/t22-,23+,24+,25+,26+,27+,28+,29+,30+,31+,32+,33+,34+,35+,36+,37+,38+,39+,40-,41+,42+,43+,44+,45+,46+,47-,48-,49+,50-,51-,52-,53-,54+,55+,56+,57+,58+,59-,60+,61-,62-,63-,64-,65-,66-,67-,68+,69-,70+/m0/s1. The molecule has 0 aromatic carbocycles. The lowest BCUT2D eigenvalue weighted by atomic mass is 9.93. The van der Waals surface area contributed by atoms with E-state index in [9.17, 15) is 167 Å². The van der Waals surface area contributed by atoms with Gasteiger partial charge in [-0.2, -0.15) is 0 Å². The monoisotopic (exact) mass is 1850 g/mol. The van der Waals surface area contributed by atoms with Crippen molar-refractivity contribution in [2.75, 3.05) is 72.7 Å². The van der Waals surface area contributed by atoms with Crippen molar-refractivity contribution in [3.8, 4) is 0 Å². The number of ether oxygens (including phenoxy) is 18. The fourth-order valence-corrected chi connectivity index (χ4v) is 15.9. The summed E-state index contributed by atoms with van der Waals surface area (Å²) in [5.74, 6) is -4.93. The van der Waals surface area contributed by atoms with E-state index in [1.54, 1.807) is 0 Å². The van der Waals surface area contributed by atoms with E-state index in [0.29, 0.717) is 0 Å². The second kappa shape index (κ2) is 46.9. The van der Waals surface area contributed by atoms with Gasteiger partial charge in [-0.25, -0.2) is 0 Å². The maximum atomic E-state index is 13.4. The summed E-state index contributed by atoms with van der Waals surface area (Å²) in [6.45, 7) is -8.68. The van der Waals surface area contributed by atoms with Gasteiger partial charge in [0.2, 0.25) is 29.5 Å². The summed E-state index contributed by atoms with van der Waals surface area (Å²) in [5.41, 5.74) is 0. The first-order chi connectivity index (χ1) is 59.6. The van der Waals surface area contributed by atoms with Gasteiger partial charge in [0.25, 0.3) is 0 Å². The Hall–Kier alpha value is -4.49. The lowest BCUT2D eigenvalue weighted by Crippen LogP contribution is -2.72. The van der Waals surface area contributed by atoms with Crippen molar-refractivity contribution in [3.63, 3.8) is 0 Å². The smallest absolute Gasteiger partial charge is 0.217 e. The van der Waals surface area contributed by atoms with Crippen molar-refractivity contribution >= 4 is 29.5 Å². The molecule has 0 bridgehead atoms. The highest BCUT2D eigenvalue weighted by Crippen LogP contribution is 2.42. The van der Waals surface area contributed by atoms with Crippen LogP contribution in [0.4, 0.5) is 0 Å². The number of carbonyl (C=O) groups excluding carboxylic acids is 5. The Bertz CT molecular complexity index is 3380. The molecule has 9 saturated heterocycles. The molecule has 56 heteroatoms. The number of rotatable bonds is 37. The van der Waals surface area contributed by atoms with Crippen LogP contribution in [0.2, 0.25) is 0 Å². The average Bonchev–Trinajstić information content (AvgIpc) is 0.754. The number of aliphatic hydroxyl groups excluding tert-OH is 28. The Morgan fingerprint density at radius 3 is 0.976 bits per heavy atom. The summed E-state index contributed by atoms with van der Waals surface area (Å²) >= 11 is 0. The van der Waals surface area contributed by atoms with Gasteiger partial charge in [0, 0.05) is 34.6 Å². The Balaban J connectivity index is 1.20. The summed E-state index contributed by atoms with van der Waals surface area (Å²) in [5, 5.41) is 326. The molecule has 0 aliphatic carbocycles. The number of aliphatic hydroxyl groups is 28. The van der Waals surface area contributed by atoms with Gasteiger partial charge in [-0.05, 0) is 0 Å². The number of hydrogen-bond acceptors (Lipinski definition) is 51. The molecule has 0 saturated carbocycles. The maximum absolute atomic E-state index is 13.4. The van der Waals surface area contributed by atoms with Crippen molar-refractivity contribution in [1.82, 2.24) is 26.6 Å². The normalized spacial score (nSPS) is 45.8. The number of carbonyl (C=O) groups is 5. The summed E-state index contributed by atoms with van der Waals surface area (Å²) in [4.78, 5) is 64.8. The van der Waals surface area contributed by atoms with Crippen LogP contribution in [0.1, 0.15) is 34.6 Å². The first kappa shape index (κ1) is 105. The molecule has 33 N–H and O–H groups in total. The lowest BCUT2D eigenvalue weighted by molar-refractivity contribution is -0.412. The molecule has 0 aromatic heterocycles. The SMILES string of the molecule is CC(=O)N[C@H]1[C@H](O[C@@H]([C@H](O)[C@H](CO)NC(C)=O)[C@H](O)CO)O[C@H](CO)[C@@H](O[C@@H]2O[C@H](CO[C@H]3O[C@H](CO)[C@@H](O)[C@H](O[C@H]4O[C@H](CO)[C@@H](O)[C@H](O)[C@@H]4O)[C@@H]3O)[C@@H](O[C@@H]3O[C@H](CO)[C@@H](O)[C@H](O)[C@H]3NC(C)=O)[C@H](O[C@H]3O[C@H](CO)[C@@H](O[C@@H]4O[C@H](CO)[C@@H](O[C@@H]5O[C@H](CO)[C@H](O)[C@H](O)[C@H]5O)[C@H](O)[C@H]4NC(C)=O)[C@H](O)[C@@H]3O[C@@H]3O[C@H](CO)[C@@H](O)[C@H](O)[C@H]3NC(C)=O)[C@@H]2O)[C@@H]1O. The third-order valence-corrected chi connectivity index (χ3v) is 22.5. The van der Waals surface area contributed by atoms with E-state index >= 15 is 0 Å². The molecule has 9 aliphatic heterocycles. The molecule has 9 rings (SSSR count). The molecule has 9 heterocycles. The summed E-state index contributed by atoms with van der Waals surface area (Å²) in [6.07, 6.45) is -98.3. The van der Waals surface area contributed by atoms with Gasteiger partial charge < -0.3 is 255 Å². The van der Waals surface area contributed by atoms with E-state index < -0.39 is 403 Å². The van der Waals surface area contributed by atoms with Crippen LogP contribution in [0, 0.1) is 0 Å². The van der Waals surface area contributed by atoms with Gasteiger partial charge >= 0.3 is 0 Å². The van der Waals surface area contributed by atoms with E-state index in [2.05, 4.69) is 26.6 Å². The molecule has 0 aromatic rings. The van der Waals surface area contributed by atoms with Crippen molar-refractivity contribution in [2.45, 2.75) is 335 Å². The summed E-state index contributed by atoms with van der Waals surface area (Å²) < 4.78 is 110. The Morgan fingerprint density at radius 2 is 0.571 bits per heavy atom. The molecule has 9 fully saturated rings. The fourth-order valence-electron chi connectivity index (χ4n) is 15.9. The predicted octanol–water partition coefficient (Wildman–Crippen LogP) is -22.4. The molecule has 730 valence electrons. The second-order valence-electron chi connectivity index (χ2n) is 31.5. The van der Waals surface area contributed by atoms with Crippen LogP contribution < -0.4 is 26.6 Å². The topological polar surface area (TPSA) is 878 Å². The highest BCUT2D eigenvalue weighted by molar-refractivity contribution is 5.75. The highest BCUT2D eigenvalue weighted by Gasteiger charge is 2.63. The van der Waals surface area contributed by atoms with Gasteiger partial charge in [-0.3, -0.25) is 24.0 Å². The van der Waals surface area contributed by atoms with Crippen LogP contribution in [-0.4, -0.2) is 546 Å². The van der Waals surface area contributed by atoms with Crippen LogP contribution in [0.5, 0.6) is 0 Å². The minimum Gasteiger partial charge on any atom is -0.394 e. The van der Waals surface area contributed by atoms with Crippen LogP contribution in [0.25, 0.3) is 0 Å². The first-order valence-electron chi connectivity index (χ1n) is 40.1. The fraction of sp³-hybridized carbons (Fsp3) is 0.929. The first-order valence-corrected chi connectivity index (χ1v) is 40.1. The van der Waals surface area contributed by atoms with E-state index in [-0.39, 0.29) is 0 Å². The van der Waals surface area contributed by atoms with E-state index in [4.69, 9.17) is 85.3 Å². The van der Waals surface area contributed by atoms with Gasteiger partial charge in [-0.1, -0.05) is 0 Å². The predicted molar refractivity (Wildman–Crippen MR) is 390 cm³/mol. The molecule has 0 spiro atoms. The zero-order valence-corrected chi connectivity index (χ0v) is 68.0. The van der Waals surface area contributed by atoms with Crippen molar-refractivity contribution < 1.29 is 252 Å².